The van der Waals surface area contributed by atoms with Crippen molar-refractivity contribution >= 4 is 17.5 Å². The molecule has 29 heavy (non-hydrogen) atoms. The molecule has 1 unspecified atom stereocenters. The van der Waals surface area contributed by atoms with Gasteiger partial charge in [-0.05, 0) is 30.5 Å². The van der Waals surface area contributed by atoms with Crippen LogP contribution in [0, 0.1) is 0 Å². The molecule has 1 aromatic heterocycles. The molecule has 1 atom stereocenters. The van der Waals surface area contributed by atoms with Crippen LogP contribution in [-0.2, 0) is 16.1 Å². The molecule has 150 valence electrons. The number of nitrogens with zero attached hydrogens (tertiary/aromatic N) is 3. The van der Waals surface area contributed by atoms with E-state index in [0.29, 0.717) is 29.9 Å². The van der Waals surface area contributed by atoms with Crippen LogP contribution in [0.1, 0.15) is 30.2 Å². The summed E-state index contributed by atoms with van der Waals surface area (Å²) in [7, 11) is 0. The first-order valence-electron chi connectivity index (χ1n) is 9.68. The summed E-state index contributed by atoms with van der Waals surface area (Å²) in [6.45, 7) is 1.78. The van der Waals surface area contributed by atoms with Crippen molar-refractivity contribution in [2.45, 2.75) is 25.4 Å². The minimum atomic E-state index is -0.0137. The topological polar surface area (TPSA) is 68.5 Å². The van der Waals surface area contributed by atoms with Crippen LogP contribution in [0.25, 0.3) is 11.4 Å². The lowest BCUT2D eigenvalue weighted by Crippen LogP contribution is -2.41. The molecule has 1 saturated heterocycles. The maximum absolute atomic E-state index is 12.5. The third kappa shape index (κ3) is 5.02. The number of piperidine rings is 1. The van der Waals surface area contributed by atoms with Gasteiger partial charge < -0.3 is 14.2 Å². The molecule has 1 aliphatic rings. The summed E-state index contributed by atoms with van der Waals surface area (Å²) in [6.07, 6.45) is 1.80. The molecule has 4 rings (SSSR count). The Labute approximate surface area is 174 Å². The molecule has 1 amide bonds. The van der Waals surface area contributed by atoms with Crippen LogP contribution in [-0.4, -0.2) is 40.6 Å². The summed E-state index contributed by atoms with van der Waals surface area (Å²) < 4.78 is 11.1. The van der Waals surface area contributed by atoms with Gasteiger partial charge in [-0.15, -0.1) is 0 Å². The molecular weight excluding hydrogens is 390 g/mol. The van der Waals surface area contributed by atoms with E-state index in [1.807, 2.05) is 47.4 Å². The van der Waals surface area contributed by atoms with E-state index in [0.717, 1.165) is 30.5 Å². The summed E-state index contributed by atoms with van der Waals surface area (Å²) in [5, 5.41) is 4.71. The number of rotatable bonds is 6. The molecule has 1 fully saturated rings. The molecule has 0 aliphatic carbocycles. The van der Waals surface area contributed by atoms with Crippen LogP contribution in [0.3, 0.4) is 0 Å². The van der Waals surface area contributed by atoms with Crippen molar-refractivity contribution in [2.75, 3.05) is 19.7 Å². The molecule has 0 radical (unpaired) electrons. The second-order valence-corrected chi connectivity index (χ2v) is 7.56. The van der Waals surface area contributed by atoms with Crippen molar-refractivity contribution in [1.29, 1.82) is 0 Å². The van der Waals surface area contributed by atoms with Crippen LogP contribution >= 0.6 is 11.6 Å². The largest absolute Gasteiger partial charge is 0.367 e. The summed E-state index contributed by atoms with van der Waals surface area (Å²) >= 11 is 6.04. The fraction of sp³-hybridized carbons (Fsp3) is 0.318. The van der Waals surface area contributed by atoms with Crippen LogP contribution in [0.4, 0.5) is 0 Å². The summed E-state index contributed by atoms with van der Waals surface area (Å²) in [4.78, 5) is 18.9. The van der Waals surface area contributed by atoms with Gasteiger partial charge in [-0.3, -0.25) is 4.79 Å². The maximum atomic E-state index is 12.5. The SMILES string of the molecule is O=C(COCc1ccccc1)N1CCCC(c2nc(-c3cccc(Cl)c3)no2)C1. The minimum absolute atomic E-state index is 0.0137. The minimum Gasteiger partial charge on any atom is -0.367 e. The number of likely N-dealkylation sites (tertiary alicyclic amines) is 1. The Kier molecular flexibility index (Phi) is 6.22. The zero-order valence-electron chi connectivity index (χ0n) is 16.0. The highest BCUT2D eigenvalue weighted by Gasteiger charge is 2.28. The number of amides is 1. The van der Waals surface area contributed by atoms with Gasteiger partial charge in [0.1, 0.15) is 6.61 Å². The first-order chi connectivity index (χ1) is 14.2. The molecule has 6 nitrogen and oxygen atoms in total. The van der Waals surface area contributed by atoms with Crippen molar-refractivity contribution in [3.8, 4) is 11.4 Å². The van der Waals surface area contributed by atoms with Gasteiger partial charge in [-0.25, -0.2) is 0 Å². The Morgan fingerprint density at radius 1 is 1.21 bits per heavy atom. The average Bonchev–Trinajstić information content (AvgIpc) is 3.25. The Morgan fingerprint density at radius 3 is 2.90 bits per heavy atom. The van der Waals surface area contributed by atoms with E-state index in [1.54, 1.807) is 12.1 Å². The fourth-order valence-electron chi connectivity index (χ4n) is 3.47. The smallest absolute Gasteiger partial charge is 0.248 e. The summed E-state index contributed by atoms with van der Waals surface area (Å²) in [5.74, 6) is 1.09. The number of carbonyl (C=O) groups excluding carboxylic acids is 1. The second-order valence-electron chi connectivity index (χ2n) is 7.12. The van der Waals surface area contributed by atoms with E-state index in [1.165, 1.54) is 0 Å². The molecule has 3 aromatic rings. The van der Waals surface area contributed by atoms with E-state index < -0.39 is 0 Å². The van der Waals surface area contributed by atoms with Crippen LogP contribution in [0.15, 0.2) is 59.1 Å². The molecule has 0 spiro atoms. The molecular formula is C22H22ClN3O3. The highest BCUT2D eigenvalue weighted by molar-refractivity contribution is 6.30. The van der Waals surface area contributed by atoms with E-state index in [2.05, 4.69) is 10.1 Å². The zero-order chi connectivity index (χ0) is 20.1. The van der Waals surface area contributed by atoms with Gasteiger partial charge in [0.05, 0.1) is 12.5 Å². The molecule has 7 heteroatoms. The van der Waals surface area contributed by atoms with E-state index >= 15 is 0 Å². The monoisotopic (exact) mass is 411 g/mol. The Balaban J connectivity index is 1.34. The molecule has 0 saturated carbocycles. The van der Waals surface area contributed by atoms with Crippen molar-refractivity contribution in [3.05, 3.63) is 71.1 Å². The van der Waals surface area contributed by atoms with Crippen LogP contribution in [0.5, 0.6) is 0 Å². The lowest BCUT2D eigenvalue weighted by molar-refractivity contribution is -0.137. The van der Waals surface area contributed by atoms with Gasteiger partial charge in [0.25, 0.3) is 0 Å². The highest BCUT2D eigenvalue weighted by Crippen LogP contribution is 2.28. The lowest BCUT2D eigenvalue weighted by atomic mass is 9.98. The van der Waals surface area contributed by atoms with E-state index in [4.69, 9.17) is 20.9 Å². The van der Waals surface area contributed by atoms with Crippen molar-refractivity contribution in [1.82, 2.24) is 15.0 Å². The molecule has 1 aliphatic heterocycles. The molecule has 0 bridgehead atoms. The molecule has 0 N–H and O–H groups in total. The number of ether oxygens (including phenoxy) is 1. The normalized spacial score (nSPS) is 16.7. The number of hydrogen-bond donors (Lipinski definition) is 0. The third-order valence-corrected chi connectivity index (χ3v) is 5.22. The van der Waals surface area contributed by atoms with Crippen molar-refractivity contribution in [2.24, 2.45) is 0 Å². The maximum Gasteiger partial charge on any atom is 0.248 e. The predicted octanol–water partition coefficient (Wildman–Crippen LogP) is 4.31. The first kappa shape index (κ1) is 19.6. The highest BCUT2D eigenvalue weighted by atomic mass is 35.5. The van der Waals surface area contributed by atoms with Crippen LogP contribution < -0.4 is 0 Å². The third-order valence-electron chi connectivity index (χ3n) is 4.98. The Morgan fingerprint density at radius 2 is 2.07 bits per heavy atom. The summed E-state index contributed by atoms with van der Waals surface area (Å²) in [6, 6.07) is 17.2. The van der Waals surface area contributed by atoms with Crippen molar-refractivity contribution < 1.29 is 14.1 Å². The number of benzene rings is 2. The Hall–Kier alpha value is -2.70. The van der Waals surface area contributed by atoms with Gasteiger partial charge in [0, 0.05) is 23.7 Å². The van der Waals surface area contributed by atoms with Crippen LogP contribution in [0.2, 0.25) is 5.02 Å². The first-order valence-corrected chi connectivity index (χ1v) is 10.1. The average molecular weight is 412 g/mol. The second kappa shape index (κ2) is 9.20. The number of aromatic nitrogens is 2. The predicted molar refractivity (Wildman–Crippen MR) is 109 cm³/mol. The van der Waals surface area contributed by atoms with E-state index in [9.17, 15) is 4.79 Å². The van der Waals surface area contributed by atoms with Crippen molar-refractivity contribution in [3.63, 3.8) is 0 Å². The molecule has 2 heterocycles. The number of halogens is 1. The number of carbonyl (C=O) groups is 1. The Bertz CT molecular complexity index is 961. The quantitative estimate of drug-likeness (QED) is 0.604. The van der Waals surface area contributed by atoms with Gasteiger partial charge in [0.2, 0.25) is 17.6 Å². The van der Waals surface area contributed by atoms with Gasteiger partial charge in [-0.2, -0.15) is 4.98 Å². The van der Waals surface area contributed by atoms with Gasteiger partial charge >= 0.3 is 0 Å². The zero-order valence-corrected chi connectivity index (χ0v) is 16.7. The lowest BCUT2D eigenvalue weighted by Gasteiger charge is -2.31. The van der Waals surface area contributed by atoms with Gasteiger partial charge in [0.15, 0.2) is 0 Å². The van der Waals surface area contributed by atoms with Gasteiger partial charge in [-0.1, -0.05) is 59.2 Å². The summed E-state index contributed by atoms with van der Waals surface area (Å²) in [5.41, 5.74) is 1.86. The molecule has 2 aromatic carbocycles. The standard InChI is InChI=1S/C22H22ClN3O3/c23-19-10-4-8-17(12-19)21-24-22(29-25-21)18-9-5-11-26(13-18)20(27)15-28-14-16-6-2-1-3-7-16/h1-4,6-8,10,12,18H,5,9,11,13-15H2. The van der Waals surface area contributed by atoms with E-state index in [-0.39, 0.29) is 18.4 Å². The fourth-order valence-corrected chi connectivity index (χ4v) is 3.66. The number of hydrogen-bond acceptors (Lipinski definition) is 5.